The highest BCUT2D eigenvalue weighted by Gasteiger charge is 2.54. The van der Waals surface area contributed by atoms with E-state index in [1.165, 1.54) is 289 Å². The summed E-state index contributed by atoms with van der Waals surface area (Å²) in [6.45, 7) is 1.81. The molecule has 19 heteroatoms. The van der Waals surface area contributed by atoms with Crippen molar-refractivity contribution in [2.75, 3.05) is 26.4 Å². The van der Waals surface area contributed by atoms with Gasteiger partial charge >= 0.3 is 0 Å². The molecule has 3 saturated heterocycles. The highest BCUT2D eigenvalue weighted by molar-refractivity contribution is 5.76. The predicted molar refractivity (Wildman–Crippen MR) is 393 cm³/mol. The molecule has 3 fully saturated rings. The third-order valence-corrected chi connectivity index (χ3v) is 21.1. The average molecular weight is 1420 g/mol. The molecular formula is C80H153NO18. The Morgan fingerprint density at radius 1 is 0.354 bits per heavy atom. The fourth-order valence-electron chi connectivity index (χ4n) is 14.4. The molecule has 17 atom stereocenters. The fourth-order valence-corrected chi connectivity index (χ4v) is 14.4. The van der Waals surface area contributed by atoms with Crippen LogP contribution in [0.3, 0.4) is 0 Å². The lowest BCUT2D eigenvalue weighted by molar-refractivity contribution is -0.379. The molecule has 0 aromatic carbocycles. The van der Waals surface area contributed by atoms with Gasteiger partial charge in [0, 0.05) is 6.42 Å². The molecule has 3 aliphatic rings. The van der Waals surface area contributed by atoms with Crippen LogP contribution < -0.4 is 5.32 Å². The first-order chi connectivity index (χ1) is 48.3. The normalized spacial score (nSPS) is 26.6. The van der Waals surface area contributed by atoms with Crippen LogP contribution in [0.1, 0.15) is 361 Å². The molecular weight excluding hydrogens is 1260 g/mol. The Balaban J connectivity index is 1.37. The van der Waals surface area contributed by atoms with E-state index >= 15 is 0 Å². The second-order valence-corrected chi connectivity index (χ2v) is 30.0. The summed E-state index contributed by atoms with van der Waals surface area (Å²) in [5.74, 6) is -0.266. The van der Waals surface area contributed by atoms with Crippen molar-refractivity contribution in [3.8, 4) is 0 Å². The number of hydrogen-bond acceptors (Lipinski definition) is 18. The number of rotatable bonds is 67. The van der Waals surface area contributed by atoms with Crippen LogP contribution in [-0.4, -0.2) is 193 Å². The zero-order valence-corrected chi connectivity index (χ0v) is 62.8. The molecule has 17 unspecified atom stereocenters. The van der Waals surface area contributed by atoms with Crippen LogP contribution in [0.5, 0.6) is 0 Å². The molecule has 12 N–H and O–H groups in total. The standard InChI is InChI=1S/C80H153NO18/c1-3-5-7-9-11-13-15-17-19-21-23-25-27-29-31-32-34-36-38-40-42-44-46-48-50-52-54-56-58-68(86)81-63(64(85)57-55-53-51-49-47-45-43-41-39-37-35-33-30-28-26-24-22-20-18-16-14-12-10-8-6-4-2)62-94-78-74(92)71(89)76(66(60-83)96-78)99-80-75(93)72(90)77(67(61-84)97-80)98-79-73(91)70(88)69(87)65(59-82)95-79/h55,57,63-67,69-80,82-85,87-93H,3-54,56,58-62H2,1-2H3,(H,81,86)/b57-55+. The summed E-state index contributed by atoms with van der Waals surface area (Å²) in [5.41, 5.74) is 0. The van der Waals surface area contributed by atoms with Crippen molar-refractivity contribution in [1.82, 2.24) is 5.32 Å². The van der Waals surface area contributed by atoms with Crippen molar-refractivity contribution in [3.05, 3.63) is 12.2 Å². The third-order valence-electron chi connectivity index (χ3n) is 21.1. The summed E-state index contributed by atoms with van der Waals surface area (Å²) in [5, 5.41) is 121. The highest BCUT2D eigenvalue weighted by atomic mass is 16.8. The lowest BCUT2D eigenvalue weighted by atomic mass is 9.96. The molecule has 0 aromatic rings. The average Bonchev–Trinajstić information content (AvgIpc) is 0.786. The van der Waals surface area contributed by atoms with Crippen molar-refractivity contribution < 1.29 is 89.4 Å². The minimum Gasteiger partial charge on any atom is -0.394 e. The van der Waals surface area contributed by atoms with E-state index in [1.54, 1.807) is 6.08 Å². The van der Waals surface area contributed by atoms with Gasteiger partial charge in [-0.05, 0) is 19.3 Å². The number of hydrogen-bond donors (Lipinski definition) is 12. The van der Waals surface area contributed by atoms with Gasteiger partial charge < -0.3 is 89.9 Å². The summed E-state index contributed by atoms with van der Waals surface area (Å²) in [6.07, 6.45) is 46.3. The van der Waals surface area contributed by atoms with Crippen LogP contribution in [0.4, 0.5) is 0 Å². The van der Waals surface area contributed by atoms with Crippen LogP contribution in [0.15, 0.2) is 12.2 Å². The third kappa shape index (κ3) is 41.9. The number of allylic oxidation sites excluding steroid dienone is 1. The van der Waals surface area contributed by atoms with E-state index in [2.05, 4.69) is 19.2 Å². The number of ether oxygens (including phenoxy) is 6. The lowest BCUT2D eigenvalue weighted by Gasteiger charge is -2.48. The molecule has 3 rings (SSSR count). The van der Waals surface area contributed by atoms with Crippen molar-refractivity contribution in [3.63, 3.8) is 0 Å². The monoisotopic (exact) mass is 1420 g/mol. The molecule has 99 heavy (non-hydrogen) atoms. The number of aliphatic hydroxyl groups is 11. The molecule has 0 saturated carbocycles. The number of nitrogens with one attached hydrogen (secondary N) is 1. The topological polar surface area (TPSA) is 307 Å². The van der Waals surface area contributed by atoms with Crippen LogP contribution in [0.2, 0.25) is 0 Å². The second kappa shape index (κ2) is 61.7. The smallest absolute Gasteiger partial charge is 0.220 e. The Morgan fingerprint density at radius 3 is 0.949 bits per heavy atom. The summed E-state index contributed by atoms with van der Waals surface area (Å²) < 4.78 is 34.5. The number of carbonyl (C=O) groups excluding carboxylic acids is 1. The van der Waals surface area contributed by atoms with E-state index < -0.39 is 124 Å². The van der Waals surface area contributed by atoms with Gasteiger partial charge in [0.15, 0.2) is 18.9 Å². The van der Waals surface area contributed by atoms with Gasteiger partial charge in [-0.1, -0.05) is 347 Å². The lowest BCUT2D eigenvalue weighted by Crippen LogP contribution is -2.66. The summed E-state index contributed by atoms with van der Waals surface area (Å²) in [6, 6.07) is -0.970. The van der Waals surface area contributed by atoms with E-state index in [-0.39, 0.29) is 18.9 Å². The van der Waals surface area contributed by atoms with E-state index in [0.29, 0.717) is 6.42 Å². The maximum absolute atomic E-state index is 13.5. The van der Waals surface area contributed by atoms with Gasteiger partial charge in [0.25, 0.3) is 0 Å². The maximum Gasteiger partial charge on any atom is 0.220 e. The van der Waals surface area contributed by atoms with Crippen molar-refractivity contribution >= 4 is 5.91 Å². The van der Waals surface area contributed by atoms with Gasteiger partial charge in [-0.25, -0.2) is 0 Å². The molecule has 0 spiro atoms. The van der Waals surface area contributed by atoms with Gasteiger partial charge in [-0.2, -0.15) is 0 Å². The van der Waals surface area contributed by atoms with E-state index in [0.717, 1.165) is 44.9 Å². The summed E-state index contributed by atoms with van der Waals surface area (Å²) >= 11 is 0. The predicted octanol–water partition coefficient (Wildman–Crippen LogP) is 14.0. The first-order valence-corrected chi connectivity index (χ1v) is 41.4. The van der Waals surface area contributed by atoms with Gasteiger partial charge in [-0.15, -0.1) is 0 Å². The molecule has 3 heterocycles. The van der Waals surface area contributed by atoms with Gasteiger partial charge in [0.2, 0.25) is 5.91 Å². The Morgan fingerprint density at radius 2 is 0.626 bits per heavy atom. The Kier molecular flexibility index (Phi) is 57.1. The number of unbranched alkanes of at least 4 members (excludes halogenated alkanes) is 51. The van der Waals surface area contributed by atoms with E-state index in [9.17, 15) is 61.0 Å². The molecule has 1 amide bonds. The molecule has 0 radical (unpaired) electrons. The summed E-state index contributed by atoms with van der Waals surface area (Å²) in [7, 11) is 0. The maximum atomic E-state index is 13.5. The molecule has 0 bridgehead atoms. The van der Waals surface area contributed by atoms with E-state index in [4.69, 9.17) is 28.4 Å². The molecule has 586 valence electrons. The zero-order valence-electron chi connectivity index (χ0n) is 62.8. The van der Waals surface area contributed by atoms with Crippen LogP contribution in [0, 0.1) is 0 Å². The zero-order chi connectivity index (χ0) is 71.8. The van der Waals surface area contributed by atoms with Crippen LogP contribution in [0.25, 0.3) is 0 Å². The van der Waals surface area contributed by atoms with Crippen molar-refractivity contribution in [2.45, 2.75) is 465 Å². The quantitative estimate of drug-likeness (QED) is 0.0199. The van der Waals surface area contributed by atoms with Gasteiger partial charge in [-0.3, -0.25) is 4.79 Å². The number of aliphatic hydroxyl groups excluding tert-OH is 11. The van der Waals surface area contributed by atoms with Crippen molar-refractivity contribution in [2.24, 2.45) is 0 Å². The van der Waals surface area contributed by atoms with Crippen LogP contribution >= 0.6 is 0 Å². The largest absolute Gasteiger partial charge is 0.394 e. The Labute approximate surface area is 601 Å². The number of amides is 1. The molecule has 0 aliphatic carbocycles. The first-order valence-electron chi connectivity index (χ1n) is 41.4. The second-order valence-electron chi connectivity index (χ2n) is 30.0. The summed E-state index contributed by atoms with van der Waals surface area (Å²) in [4.78, 5) is 13.5. The molecule has 0 aromatic heterocycles. The first kappa shape index (κ1) is 91.7. The van der Waals surface area contributed by atoms with Crippen LogP contribution in [-0.2, 0) is 33.2 Å². The molecule has 19 nitrogen and oxygen atoms in total. The number of carbonyl (C=O) groups is 1. The van der Waals surface area contributed by atoms with E-state index in [1.807, 2.05) is 6.08 Å². The van der Waals surface area contributed by atoms with Gasteiger partial charge in [0.1, 0.15) is 73.2 Å². The molecule has 3 aliphatic heterocycles. The minimum atomic E-state index is -1.98. The van der Waals surface area contributed by atoms with Crippen molar-refractivity contribution in [1.29, 1.82) is 0 Å². The Hall–Kier alpha value is -1.47. The SMILES string of the molecule is CCCCCCCCCCCCCCCCCCCCCCCCCC/C=C/C(O)C(COC1OC(CO)C(OC2OC(CO)C(OC3OC(CO)C(O)C(O)C3O)C(O)C2O)C(O)C1O)NC(=O)CCCCCCCCCCCCCCCCCCCCCCCCCCCCCC. The highest BCUT2D eigenvalue weighted by Crippen LogP contribution is 2.33. The Bertz CT molecular complexity index is 1840. The fraction of sp³-hybridized carbons (Fsp3) is 0.963. The van der Waals surface area contributed by atoms with Gasteiger partial charge in [0.05, 0.1) is 38.6 Å². The minimum absolute atomic E-state index is 0.250.